The van der Waals surface area contributed by atoms with E-state index in [1.54, 1.807) is 18.3 Å². The Morgan fingerprint density at radius 1 is 1.43 bits per heavy atom. The molecule has 1 aromatic carbocycles. The minimum absolute atomic E-state index is 0.147. The third-order valence-electron chi connectivity index (χ3n) is 1.84. The summed E-state index contributed by atoms with van der Waals surface area (Å²) in [5.74, 6) is -0.377. The number of aromatic nitrogens is 1. The van der Waals surface area contributed by atoms with Crippen LogP contribution in [0.5, 0.6) is 0 Å². The van der Waals surface area contributed by atoms with Gasteiger partial charge in [0, 0.05) is 11.8 Å². The Balaban J connectivity index is 2.57. The fourth-order valence-corrected chi connectivity index (χ4v) is 2.15. The first-order valence-electron chi connectivity index (χ1n) is 4.05. The van der Waals surface area contributed by atoms with Crippen LogP contribution in [0.3, 0.4) is 0 Å². The summed E-state index contributed by atoms with van der Waals surface area (Å²) in [4.78, 5) is 4.88. The summed E-state index contributed by atoms with van der Waals surface area (Å²) >= 11 is 7.13. The molecule has 1 aromatic heterocycles. The quantitative estimate of drug-likeness (QED) is 0.720. The molecule has 0 atom stereocenters. The molecule has 0 unspecified atom stereocenters. The van der Waals surface area contributed by atoms with Crippen LogP contribution in [0.25, 0.3) is 10.4 Å². The van der Waals surface area contributed by atoms with E-state index in [-0.39, 0.29) is 10.8 Å². The van der Waals surface area contributed by atoms with Gasteiger partial charge in [-0.25, -0.2) is 9.37 Å². The van der Waals surface area contributed by atoms with Crippen molar-refractivity contribution in [2.24, 2.45) is 0 Å². The molecule has 0 bridgehead atoms. The van der Waals surface area contributed by atoms with Crippen LogP contribution in [0.15, 0.2) is 24.4 Å². The van der Waals surface area contributed by atoms with Gasteiger partial charge in [-0.1, -0.05) is 23.7 Å². The van der Waals surface area contributed by atoms with Gasteiger partial charge in [0.15, 0.2) is 0 Å². The number of nitrogens with zero attached hydrogens (tertiary/aromatic N) is 1. The van der Waals surface area contributed by atoms with Crippen LogP contribution >= 0.6 is 22.9 Å². The van der Waals surface area contributed by atoms with E-state index >= 15 is 0 Å². The van der Waals surface area contributed by atoms with Gasteiger partial charge in [0.05, 0.1) is 14.9 Å². The lowest BCUT2D eigenvalue weighted by atomic mass is 10.2. The zero-order valence-corrected chi connectivity index (χ0v) is 8.99. The molecule has 0 amide bonds. The largest absolute Gasteiger partial charge is 0.249 e. The van der Waals surface area contributed by atoms with E-state index in [0.29, 0.717) is 5.56 Å². The predicted molar refractivity (Wildman–Crippen MR) is 57.3 cm³/mol. The highest BCUT2D eigenvalue weighted by Gasteiger charge is 2.10. The summed E-state index contributed by atoms with van der Waals surface area (Å²) in [5, 5.41) is 1.06. The molecular formula is C10H7ClFNS. The first-order valence-corrected chi connectivity index (χ1v) is 5.25. The molecule has 0 aliphatic carbocycles. The second-order valence-electron chi connectivity index (χ2n) is 2.84. The molecule has 0 saturated carbocycles. The average molecular weight is 228 g/mol. The zero-order valence-electron chi connectivity index (χ0n) is 7.42. The third-order valence-corrected chi connectivity index (χ3v) is 3.08. The van der Waals surface area contributed by atoms with Crippen molar-refractivity contribution in [2.75, 3.05) is 0 Å². The monoisotopic (exact) mass is 227 g/mol. The van der Waals surface area contributed by atoms with Gasteiger partial charge in [0.25, 0.3) is 0 Å². The van der Waals surface area contributed by atoms with Crippen LogP contribution in [-0.4, -0.2) is 4.98 Å². The van der Waals surface area contributed by atoms with Crippen LogP contribution < -0.4 is 0 Å². The number of hydrogen-bond donors (Lipinski definition) is 0. The summed E-state index contributed by atoms with van der Waals surface area (Å²) in [6, 6.07) is 4.97. The number of aryl methyl sites for hydroxylation is 1. The third kappa shape index (κ3) is 1.65. The Bertz CT molecular complexity index is 467. The second-order valence-corrected chi connectivity index (χ2v) is 4.49. The van der Waals surface area contributed by atoms with Gasteiger partial charge >= 0.3 is 0 Å². The molecule has 2 aromatic rings. The van der Waals surface area contributed by atoms with E-state index in [0.717, 1.165) is 9.88 Å². The number of halogens is 2. The Morgan fingerprint density at radius 2 is 2.21 bits per heavy atom. The standard InChI is InChI=1S/C10H7ClFNS/c1-6-13-5-9(14-6)7-3-2-4-8(11)10(7)12/h2-5H,1H3. The van der Waals surface area contributed by atoms with Gasteiger partial charge < -0.3 is 0 Å². The van der Waals surface area contributed by atoms with Crippen LogP contribution in [0, 0.1) is 12.7 Å². The summed E-state index contributed by atoms with van der Waals surface area (Å²) < 4.78 is 13.5. The summed E-state index contributed by atoms with van der Waals surface area (Å²) in [5.41, 5.74) is 0.517. The molecule has 14 heavy (non-hydrogen) atoms. The van der Waals surface area contributed by atoms with Crippen molar-refractivity contribution in [1.29, 1.82) is 0 Å². The normalized spacial score (nSPS) is 10.5. The van der Waals surface area contributed by atoms with Gasteiger partial charge in [-0.2, -0.15) is 0 Å². The van der Waals surface area contributed by atoms with E-state index < -0.39 is 0 Å². The average Bonchev–Trinajstić information content (AvgIpc) is 2.57. The Kier molecular flexibility index (Phi) is 2.52. The molecule has 4 heteroatoms. The predicted octanol–water partition coefficient (Wildman–Crippen LogP) is 3.91. The fraction of sp³-hybridized carbons (Fsp3) is 0.100. The molecule has 0 spiro atoms. The topological polar surface area (TPSA) is 12.9 Å². The first-order chi connectivity index (χ1) is 6.68. The van der Waals surface area contributed by atoms with Crippen LogP contribution in [0.1, 0.15) is 5.01 Å². The maximum absolute atomic E-state index is 13.5. The van der Waals surface area contributed by atoms with Crippen LogP contribution in [-0.2, 0) is 0 Å². The zero-order chi connectivity index (χ0) is 10.1. The molecule has 2 rings (SSSR count). The molecule has 72 valence electrons. The highest BCUT2D eigenvalue weighted by Crippen LogP contribution is 2.30. The van der Waals surface area contributed by atoms with Gasteiger partial charge in [-0.15, -0.1) is 11.3 Å². The smallest absolute Gasteiger partial charge is 0.150 e. The minimum Gasteiger partial charge on any atom is -0.249 e. The minimum atomic E-state index is -0.377. The Labute approximate surface area is 90.2 Å². The van der Waals surface area contributed by atoms with Crippen molar-refractivity contribution in [2.45, 2.75) is 6.92 Å². The van der Waals surface area contributed by atoms with Crippen molar-refractivity contribution >= 4 is 22.9 Å². The van der Waals surface area contributed by atoms with Gasteiger partial charge in [-0.05, 0) is 13.0 Å². The number of hydrogen-bond acceptors (Lipinski definition) is 2. The molecule has 1 heterocycles. The first kappa shape index (κ1) is 9.62. The molecule has 0 saturated heterocycles. The van der Waals surface area contributed by atoms with E-state index in [4.69, 9.17) is 11.6 Å². The van der Waals surface area contributed by atoms with E-state index in [9.17, 15) is 4.39 Å². The lowest BCUT2D eigenvalue weighted by Crippen LogP contribution is -1.81. The SMILES string of the molecule is Cc1ncc(-c2cccc(Cl)c2F)s1. The molecule has 0 fully saturated rings. The Morgan fingerprint density at radius 3 is 2.86 bits per heavy atom. The van der Waals surface area contributed by atoms with Crippen molar-refractivity contribution in [3.63, 3.8) is 0 Å². The molecule has 0 radical (unpaired) electrons. The molecular weight excluding hydrogens is 221 g/mol. The van der Waals surface area contributed by atoms with E-state index in [2.05, 4.69) is 4.98 Å². The molecule has 1 nitrogen and oxygen atoms in total. The maximum Gasteiger partial charge on any atom is 0.150 e. The van der Waals surface area contributed by atoms with Gasteiger partial charge in [0.1, 0.15) is 5.82 Å². The highest BCUT2D eigenvalue weighted by atomic mass is 35.5. The second kappa shape index (κ2) is 3.67. The van der Waals surface area contributed by atoms with Gasteiger partial charge in [0.2, 0.25) is 0 Å². The van der Waals surface area contributed by atoms with Crippen molar-refractivity contribution in [3.05, 3.63) is 40.2 Å². The number of benzene rings is 1. The van der Waals surface area contributed by atoms with Crippen molar-refractivity contribution in [3.8, 4) is 10.4 Å². The number of thiazole rings is 1. The Hall–Kier alpha value is -0.930. The fourth-order valence-electron chi connectivity index (χ4n) is 1.18. The molecule has 0 N–H and O–H groups in total. The summed E-state index contributed by atoms with van der Waals surface area (Å²) in [6.45, 7) is 1.89. The lowest BCUT2D eigenvalue weighted by Gasteiger charge is -1.99. The maximum atomic E-state index is 13.5. The van der Waals surface area contributed by atoms with Gasteiger partial charge in [-0.3, -0.25) is 0 Å². The van der Waals surface area contributed by atoms with Crippen molar-refractivity contribution < 1.29 is 4.39 Å². The van der Waals surface area contributed by atoms with E-state index in [1.165, 1.54) is 17.4 Å². The van der Waals surface area contributed by atoms with Crippen molar-refractivity contribution in [1.82, 2.24) is 4.98 Å². The summed E-state index contributed by atoms with van der Waals surface area (Å²) in [6.07, 6.45) is 1.66. The molecule has 0 aliphatic rings. The summed E-state index contributed by atoms with van der Waals surface area (Å²) in [7, 11) is 0. The lowest BCUT2D eigenvalue weighted by molar-refractivity contribution is 0.632. The highest BCUT2D eigenvalue weighted by molar-refractivity contribution is 7.15. The van der Waals surface area contributed by atoms with Crippen LogP contribution in [0.4, 0.5) is 4.39 Å². The molecule has 0 aliphatic heterocycles. The van der Waals surface area contributed by atoms with Crippen LogP contribution in [0.2, 0.25) is 5.02 Å². The number of rotatable bonds is 1. The van der Waals surface area contributed by atoms with E-state index in [1.807, 2.05) is 6.92 Å².